The van der Waals surface area contributed by atoms with Gasteiger partial charge in [0.05, 0.1) is 21.7 Å². The Morgan fingerprint density at radius 3 is 2.53 bits per heavy atom. The Bertz CT molecular complexity index is 1240. The lowest BCUT2D eigenvalue weighted by Gasteiger charge is -2.27. The smallest absolute Gasteiger partial charge is 0.306 e. The predicted molar refractivity (Wildman–Crippen MR) is 106 cm³/mol. The largest absolute Gasteiger partial charge is 0.416 e. The van der Waals surface area contributed by atoms with Crippen molar-refractivity contribution in [2.24, 2.45) is 0 Å². The van der Waals surface area contributed by atoms with Gasteiger partial charge < -0.3 is 4.98 Å². The van der Waals surface area contributed by atoms with Crippen LogP contribution in [0.1, 0.15) is 22.4 Å². The molecule has 0 unspecified atom stereocenters. The van der Waals surface area contributed by atoms with E-state index in [1.165, 1.54) is 24.3 Å². The molecule has 7 nitrogen and oxygen atoms in total. The molecule has 0 fully saturated rings. The molecule has 0 radical (unpaired) electrons. The summed E-state index contributed by atoms with van der Waals surface area (Å²) in [5.41, 5.74) is 0.0540. The van der Waals surface area contributed by atoms with E-state index in [1.807, 2.05) is 4.90 Å². The molecule has 0 saturated heterocycles. The molecule has 2 aromatic carbocycles. The lowest BCUT2D eigenvalue weighted by Crippen LogP contribution is -2.35. The number of benzene rings is 2. The number of hydrogen-bond donors (Lipinski definition) is 1. The molecule has 0 amide bonds. The van der Waals surface area contributed by atoms with Gasteiger partial charge in [0.2, 0.25) is 5.82 Å². The predicted octanol–water partition coefficient (Wildman–Crippen LogP) is 4.06. The Morgan fingerprint density at radius 1 is 1.16 bits per heavy atom. The van der Waals surface area contributed by atoms with Gasteiger partial charge in [-0.25, -0.2) is 4.98 Å². The highest BCUT2D eigenvalue weighted by Crippen LogP contribution is 2.30. The summed E-state index contributed by atoms with van der Waals surface area (Å²) < 4.78 is 51.8. The first-order chi connectivity index (χ1) is 15.1. The Hall–Kier alpha value is -3.60. The van der Waals surface area contributed by atoms with Crippen molar-refractivity contribution in [1.29, 1.82) is 0 Å². The highest BCUT2D eigenvalue weighted by atomic mass is 19.4. The molecule has 32 heavy (non-hydrogen) atoms. The summed E-state index contributed by atoms with van der Waals surface area (Å²) in [6.45, 7) is 1.01. The maximum atomic E-state index is 13.5. The summed E-state index contributed by atoms with van der Waals surface area (Å²) in [5.74, 6) is -0.732. The molecule has 0 saturated carbocycles. The molecule has 3 aromatic rings. The molecule has 1 aliphatic heterocycles. The first-order valence-corrected chi connectivity index (χ1v) is 9.56. The maximum absolute atomic E-state index is 13.5. The number of H-pyrrole nitrogens is 1. The zero-order valence-corrected chi connectivity index (χ0v) is 16.4. The van der Waals surface area contributed by atoms with E-state index in [-0.39, 0.29) is 18.9 Å². The van der Waals surface area contributed by atoms with Crippen LogP contribution in [0.15, 0.2) is 47.3 Å². The summed E-state index contributed by atoms with van der Waals surface area (Å²) in [5, 5.41) is 10.9. The minimum absolute atomic E-state index is 0.185. The van der Waals surface area contributed by atoms with Gasteiger partial charge >= 0.3 is 11.9 Å². The second-order valence-electron chi connectivity index (χ2n) is 7.42. The van der Waals surface area contributed by atoms with Gasteiger partial charge in [0, 0.05) is 37.7 Å². The van der Waals surface area contributed by atoms with Gasteiger partial charge in [0.15, 0.2) is 0 Å². The van der Waals surface area contributed by atoms with Crippen LogP contribution in [-0.4, -0.2) is 26.3 Å². The number of alkyl halides is 3. The number of aromatic amines is 1. The van der Waals surface area contributed by atoms with E-state index in [2.05, 4.69) is 9.97 Å². The standard InChI is InChI=1S/C21H16F4N4O3/c22-16-6-1-12(9-18(16)29(31)32)10-28-8-7-17-15(11-28)20(30)27-19(26-17)13-2-4-14(5-3-13)21(23,24)25/h1-6,9H,7-8,10-11H2,(H,26,27,30). The van der Waals surface area contributed by atoms with Crippen molar-refractivity contribution >= 4 is 5.69 Å². The molecule has 4 rings (SSSR count). The third-order valence-electron chi connectivity index (χ3n) is 5.25. The van der Waals surface area contributed by atoms with E-state index in [1.54, 1.807) is 0 Å². The Labute approximate surface area is 178 Å². The number of nitro groups is 1. The summed E-state index contributed by atoms with van der Waals surface area (Å²) in [6, 6.07) is 8.02. The number of aromatic nitrogens is 2. The maximum Gasteiger partial charge on any atom is 0.416 e. The van der Waals surface area contributed by atoms with E-state index < -0.39 is 33.7 Å². The zero-order valence-electron chi connectivity index (χ0n) is 16.4. The normalized spacial score (nSPS) is 14.2. The Morgan fingerprint density at radius 2 is 1.88 bits per heavy atom. The SMILES string of the molecule is O=c1[nH]c(-c2ccc(C(F)(F)F)cc2)nc2c1CN(Cc1ccc(F)c([N+](=O)[O-])c1)CC2. The average Bonchev–Trinajstić information content (AvgIpc) is 2.74. The van der Waals surface area contributed by atoms with Crippen LogP contribution in [0.25, 0.3) is 11.4 Å². The van der Waals surface area contributed by atoms with Crippen molar-refractivity contribution in [3.05, 3.63) is 91.1 Å². The van der Waals surface area contributed by atoms with E-state index in [9.17, 15) is 32.5 Å². The molecule has 0 spiro atoms. The third-order valence-corrected chi connectivity index (χ3v) is 5.25. The fourth-order valence-corrected chi connectivity index (χ4v) is 3.62. The van der Waals surface area contributed by atoms with Gasteiger partial charge in [-0.3, -0.25) is 19.8 Å². The van der Waals surface area contributed by atoms with E-state index >= 15 is 0 Å². The molecular weight excluding hydrogens is 432 g/mol. The Kier molecular flexibility index (Phi) is 5.51. The van der Waals surface area contributed by atoms with Crippen molar-refractivity contribution < 1.29 is 22.5 Å². The molecule has 1 N–H and O–H groups in total. The average molecular weight is 448 g/mol. The van der Waals surface area contributed by atoms with Crippen LogP contribution < -0.4 is 5.56 Å². The number of hydrogen-bond acceptors (Lipinski definition) is 5. The van der Waals surface area contributed by atoms with Crippen LogP contribution in [0.5, 0.6) is 0 Å². The first kappa shape index (κ1) is 21.6. The quantitative estimate of drug-likeness (QED) is 0.369. The fraction of sp³-hybridized carbons (Fsp3) is 0.238. The molecule has 1 aromatic heterocycles. The monoisotopic (exact) mass is 448 g/mol. The Balaban J connectivity index is 1.55. The van der Waals surface area contributed by atoms with Crippen molar-refractivity contribution in [2.45, 2.75) is 25.7 Å². The van der Waals surface area contributed by atoms with Gasteiger partial charge in [0.1, 0.15) is 5.82 Å². The van der Waals surface area contributed by atoms with Gasteiger partial charge in [-0.1, -0.05) is 18.2 Å². The minimum atomic E-state index is -4.45. The molecule has 1 aliphatic rings. The molecule has 0 atom stereocenters. The molecule has 166 valence electrons. The second kappa shape index (κ2) is 8.15. The number of nitrogens with one attached hydrogen (secondary N) is 1. The van der Waals surface area contributed by atoms with Crippen molar-refractivity contribution in [3.63, 3.8) is 0 Å². The highest BCUT2D eigenvalue weighted by molar-refractivity contribution is 5.56. The highest BCUT2D eigenvalue weighted by Gasteiger charge is 2.30. The van der Waals surface area contributed by atoms with Crippen molar-refractivity contribution in [2.75, 3.05) is 6.54 Å². The van der Waals surface area contributed by atoms with E-state index in [0.717, 1.165) is 18.2 Å². The van der Waals surface area contributed by atoms with Crippen LogP contribution in [0.2, 0.25) is 0 Å². The third kappa shape index (κ3) is 4.37. The minimum Gasteiger partial charge on any atom is -0.306 e. The van der Waals surface area contributed by atoms with Crippen LogP contribution in [0, 0.1) is 15.9 Å². The molecular formula is C21H16F4N4O3. The van der Waals surface area contributed by atoms with Crippen molar-refractivity contribution in [1.82, 2.24) is 14.9 Å². The lowest BCUT2D eigenvalue weighted by atomic mass is 10.0. The summed E-state index contributed by atoms with van der Waals surface area (Å²) >= 11 is 0. The van der Waals surface area contributed by atoms with Gasteiger partial charge in [-0.2, -0.15) is 17.6 Å². The second-order valence-corrected chi connectivity index (χ2v) is 7.42. The van der Waals surface area contributed by atoms with E-state index in [4.69, 9.17) is 0 Å². The summed E-state index contributed by atoms with van der Waals surface area (Å²) in [6.07, 6.45) is -4.04. The summed E-state index contributed by atoms with van der Waals surface area (Å²) in [7, 11) is 0. The van der Waals surface area contributed by atoms with Gasteiger partial charge in [-0.05, 0) is 23.8 Å². The number of halogens is 4. The van der Waals surface area contributed by atoms with Gasteiger partial charge in [-0.15, -0.1) is 0 Å². The number of fused-ring (bicyclic) bond motifs is 1. The first-order valence-electron chi connectivity index (χ1n) is 9.56. The van der Waals surface area contributed by atoms with Gasteiger partial charge in [0.25, 0.3) is 5.56 Å². The lowest BCUT2D eigenvalue weighted by molar-refractivity contribution is -0.387. The number of nitrogens with zero attached hydrogens (tertiary/aromatic N) is 3. The molecule has 0 aliphatic carbocycles. The van der Waals surface area contributed by atoms with Crippen LogP contribution in [-0.2, 0) is 25.7 Å². The van der Waals surface area contributed by atoms with Crippen LogP contribution in [0.4, 0.5) is 23.2 Å². The fourth-order valence-electron chi connectivity index (χ4n) is 3.62. The van der Waals surface area contributed by atoms with E-state index in [0.29, 0.717) is 35.3 Å². The molecule has 0 bridgehead atoms. The number of rotatable bonds is 4. The zero-order chi connectivity index (χ0) is 23.0. The topological polar surface area (TPSA) is 92.1 Å². The van der Waals surface area contributed by atoms with Crippen LogP contribution in [0.3, 0.4) is 0 Å². The molecule has 11 heteroatoms. The molecule has 2 heterocycles. The summed E-state index contributed by atoms with van der Waals surface area (Å²) in [4.78, 5) is 31.7. The van der Waals surface area contributed by atoms with Crippen molar-refractivity contribution in [3.8, 4) is 11.4 Å². The van der Waals surface area contributed by atoms with Crippen LogP contribution >= 0.6 is 0 Å². The number of nitro benzene ring substituents is 1.